The first-order valence-electron chi connectivity index (χ1n) is 19.0. The predicted octanol–water partition coefficient (Wildman–Crippen LogP) is 5.03. The zero-order valence-corrected chi connectivity index (χ0v) is 31.5. The monoisotopic (exact) mass is 834 g/mol. The Kier molecular flexibility index (Phi) is 9.23. The average Bonchev–Trinajstić information content (AvgIpc) is 3.21. The van der Waals surface area contributed by atoms with Crippen molar-refractivity contribution in [3.63, 3.8) is 0 Å². The van der Waals surface area contributed by atoms with Gasteiger partial charge in [0.2, 0.25) is 0 Å². The van der Waals surface area contributed by atoms with Crippen LogP contribution in [0.5, 0.6) is 74.7 Å². The van der Waals surface area contributed by atoms with E-state index in [1.807, 2.05) is 0 Å². The summed E-state index contributed by atoms with van der Waals surface area (Å²) in [5, 5.41) is 143. The van der Waals surface area contributed by atoms with Gasteiger partial charge in [-0.1, -0.05) is 30.3 Å². The SMILES string of the molecule is Oc1ccc([C@H]2c3c(c4c(c5c3O[C@@H](c3ccc(O)c(O)c3)[C@@H](O)[C@@H]5c3ccc(O)cc3O)O[C@H](c3ccc(O)c(O)c3)[C@H](O)C4)O[C@H](c3ccc(O)c(O)c3)[C@H]2O)c(O)c1. The van der Waals surface area contributed by atoms with Gasteiger partial charge < -0.3 is 80.6 Å². The Morgan fingerprint density at radius 2 is 0.754 bits per heavy atom. The molecule has 0 bridgehead atoms. The standard InChI is InChI=1S/C45H38O16/c46-20-4-6-22(28(51)14-20)34-36-43-24(16-33(56)40(59-43)17-1-8-25(48)30(53)11-17)44-37(45(36)61-42(39(34)58)19-3-10-27(50)32(55)13-19)35(23-7-5-21(47)15-29(23)52)38(57)41(60-44)18-2-9-26(49)31(54)12-18/h1-15,33-35,38-42,46-58H,16H2/t33-,34-,35+,38+,39+,40-,41-,42+/m1/s1. The minimum absolute atomic E-state index is 0.0392. The van der Waals surface area contributed by atoms with E-state index >= 15 is 0 Å². The van der Waals surface area contributed by atoms with Gasteiger partial charge in [0.25, 0.3) is 0 Å². The van der Waals surface area contributed by atoms with E-state index in [1.165, 1.54) is 72.8 Å². The van der Waals surface area contributed by atoms with Gasteiger partial charge in [-0.15, -0.1) is 0 Å². The second kappa shape index (κ2) is 14.4. The molecule has 0 amide bonds. The van der Waals surface area contributed by atoms with Crippen LogP contribution < -0.4 is 14.2 Å². The molecular formula is C45H38O16. The fourth-order valence-electron chi connectivity index (χ4n) is 8.77. The summed E-state index contributed by atoms with van der Waals surface area (Å²) in [4.78, 5) is 0. The van der Waals surface area contributed by atoms with Gasteiger partial charge in [0, 0.05) is 58.2 Å². The van der Waals surface area contributed by atoms with Crippen LogP contribution in [0.25, 0.3) is 0 Å². The molecule has 0 aromatic heterocycles. The van der Waals surface area contributed by atoms with E-state index in [4.69, 9.17) is 14.2 Å². The average molecular weight is 835 g/mol. The number of phenolic OH excluding ortho intramolecular Hbond substituents is 10. The first-order valence-corrected chi connectivity index (χ1v) is 19.0. The molecule has 314 valence electrons. The normalized spacial score (nSPS) is 24.0. The molecule has 16 nitrogen and oxygen atoms in total. The first-order chi connectivity index (χ1) is 29.1. The molecule has 3 heterocycles. The lowest BCUT2D eigenvalue weighted by atomic mass is 9.72. The summed E-state index contributed by atoms with van der Waals surface area (Å²) < 4.78 is 20.1. The third-order valence-corrected chi connectivity index (χ3v) is 11.6. The highest BCUT2D eigenvalue weighted by Gasteiger charge is 2.52. The van der Waals surface area contributed by atoms with Crippen molar-refractivity contribution in [2.75, 3.05) is 0 Å². The number of hydrogen-bond acceptors (Lipinski definition) is 16. The maximum Gasteiger partial charge on any atom is 0.157 e. The summed E-state index contributed by atoms with van der Waals surface area (Å²) >= 11 is 0. The molecule has 9 rings (SSSR count). The molecule has 0 radical (unpaired) electrons. The topological polar surface area (TPSA) is 291 Å². The van der Waals surface area contributed by atoms with Crippen LogP contribution >= 0.6 is 0 Å². The van der Waals surface area contributed by atoms with Gasteiger partial charge >= 0.3 is 0 Å². The molecule has 6 aromatic carbocycles. The van der Waals surface area contributed by atoms with Crippen LogP contribution in [0.15, 0.2) is 91.0 Å². The molecule has 3 aliphatic heterocycles. The van der Waals surface area contributed by atoms with Crippen molar-refractivity contribution in [2.45, 2.75) is 54.9 Å². The Morgan fingerprint density at radius 3 is 1.15 bits per heavy atom. The number of ether oxygens (including phenoxy) is 3. The van der Waals surface area contributed by atoms with Gasteiger partial charge in [0.15, 0.2) is 46.7 Å². The van der Waals surface area contributed by atoms with Crippen molar-refractivity contribution >= 4 is 0 Å². The van der Waals surface area contributed by atoms with E-state index in [1.54, 1.807) is 0 Å². The predicted molar refractivity (Wildman–Crippen MR) is 211 cm³/mol. The van der Waals surface area contributed by atoms with Crippen LogP contribution in [-0.2, 0) is 6.42 Å². The second-order valence-corrected chi connectivity index (χ2v) is 15.3. The van der Waals surface area contributed by atoms with Gasteiger partial charge in [0.1, 0.15) is 58.6 Å². The molecule has 3 aliphatic rings. The Morgan fingerprint density at radius 1 is 0.377 bits per heavy atom. The maximum atomic E-state index is 12.5. The highest BCUT2D eigenvalue weighted by Crippen LogP contribution is 2.63. The summed E-state index contributed by atoms with van der Waals surface area (Å²) in [5.74, 6) is -7.46. The van der Waals surface area contributed by atoms with E-state index in [0.717, 1.165) is 18.2 Å². The van der Waals surface area contributed by atoms with Gasteiger partial charge in [-0.2, -0.15) is 0 Å². The lowest BCUT2D eigenvalue weighted by molar-refractivity contribution is -0.0171. The fourth-order valence-corrected chi connectivity index (χ4v) is 8.77. The highest BCUT2D eigenvalue weighted by molar-refractivity contribution is 5.72. The lowest BCUT2D eigenvalue weighted by Gasteiger charge is -2.46. The number of fused-ring (bicyclic) bond motifs is 6. The number of phenols is 10. The molecule has 0 unspecified atom stereocenters. The maximum absolute atomic E-state index is 12.5. The zero-order chi connectivity index (χ0) is 43.2. The second-order valence-electron chi connectivity index (χ2n) is 15.3. The van der Waals surface area contributed by atoms with E-state index < -0.39 is 94.5 Å². The van der Waals surface area contributed by atoms with Crippen molar-refractivity contribution in [3.8, 4) is 74.7 Å². The molecule has 13 N–H and O–H groups in total. The molecule has 6 aromatic rings. The lowest BCUT2D eigenvalue weighted by Crippen LogP contribution is -2.41. The Labute approximate surface area is 345 Å². The van der Waals surface area contributed by atoms with Crippen LogP contribution in [0.3, 0.4) is 0 Å². The molecule has 0 fully saturated rings. The van der Waals surface area contributed by atoms with Crippen molar-refractivity contribution in [1.29, 1.82) is 0 Å². The molecule has 61 heavy (non-hydrogen) atoms. The first kappa shape index (κ1) is 39.1. The fraction of sp³-hybridized carbons (Fsp3) is 0.200. The van der Waals surface area contributed by atoms with Crippen molar-refractivity contribution in [1.82, 2.24) is 0 Å². The van der Waals surface area contributed by atoms with Crippen molar-refractivity contribution in [3.05, 3.63) is 136 Å². The van der Waals surface area contributed by atoms with Crippen LogP contribution in [0, 0.1) is 0 Å². The molecule has 8 atom stereocenters. The molecule has 0 saturated carbocycles. The summed E-state index contributed by atoms with van der Waals surface area (Å²) in [7, 11) is 0. The highest BCUT2D eigenvalue weighted by atomic mass is 16.5. The molecular weight excluding hydrogens is 796 g/mol. The van der Waals surface area contributed by atoms with E-state index in [2.05, 4.69) is 0 Å². The number of aliphatic hydroxyl groups is 3. The van der Waals surface area contributed by atoms with Gasteiger partial charge in [-0.05, 0) is 65.2 Å². The molecule has 0 saturated heterocycles. The summed E-state index contributed by atoms with van der Waals surface area (Å²) in [6.07, 6.45) is -9.06. The molecule has 16 heteroatoms. The Hall–Kier alpha value is -7.40. The summed E-state index contributed by atoms with van der Waals surface area (Å²) in [5.41, 5.74) is 0.842. The van der Waals surface area contributed by atoms with E-state index in [9.17, 15) is 66.4 Å². The van der Waals surface area contributed by atoms with Crippen LogP contribution in [0.4, 0.5) is 0 Å². The van der Waals surface area contributed by atoms with Crippen LogP contribution in [0.2, 0.25) is 0 Å². The van der Waals surface area contributed by atoms with E-state index in [-0.39, 0.29) is 79.7 Å². The minimum Gasteiger partial charge on any atom is -0.508 e. The Balaban J connectivity index is 1.39. The molecule has 0 spiro atoms. The smallest absolute Gasteiger partial charge is 0.157 e. The van der Waals surface area contributed by atoms with Crippen LogP contribution in [0.1, 0.15) is 74.7 Å². The summed E-state index contributed by atoms with van der Waals surface area (Å²) in [6, 6.07) is 18.7. The summed E-state index contributed by atoms with van der Waals surface area (Å²) in [6.45, 7) is 0. The van der Waals surface area contributed by atoms with Crippen LogP contribution in [-0.4, -0.2) is 84.7 Å². The van der Waals surface area contributed by atoms with Crippen molar-refractivity contribution in [2.24, 2.45) is 0 Å². The molecule has 0 aliphatic carbocycles. The van der Waals surface area contributed by atoms with Crippen molar-refractivity contribution < 1.29 is 80.6 Å². The third kappa shape index (κ3) is 6.35. The largest absolute Gasteiger partial charge is 0.508 e. The number of aromatic hydroxyl groups is 10. The van der Waals surface area contributed by atoms with Gasteiger partial charge in [-0.3, -0.25) is 0 Å². The third-order valence-electron chi connectivity index (χ3n) is 11.6. The Bertz CT molecular complexity index is 2650. The number of aliphatic hydroxyl groups excluding tert-OH is 3. The van der Waals surface area contributed by atoms with Gasteiger partial charge in [0.05, 0.1) is 6.10 Å². The number of benzene rings is 6. The van der Waals surface area contributed by atoms with Gasteiger partial charge in [-0.25, -0.2) is 0 Å². The number of hydrogen-bond donors (Lipinski definition) is 13. The minimum atomic E-state index is -1.66. The van der Waals surface area contributed by atoms with E-state index in [0.29, 0.717) is 0 Å². The number of rotatable bonds is 5. The quantitative estimate of drug-likeness (QED) is 0.101. The zero-order valence-electron chi connectivity index (χ0n) is 31.5.